The number of ether oxygens (including phenoxy) is 1. The summed E-state index contributed by atoms with van der Waals surface area (Å²) in [5.74, 6) is -1.28. The average Bonchev–Trinajstić information content (AvgIpc) is 2.79. The van der Waals surface area contributed by atoms with E-state index in [4.69, 9.17) is 4.74 Å². The van der Waals surface area contributed by atoms with Crippen molar-refractivity contribution in [3.05, 3.63) is 90.0 Å². The summed E-state index contributed by atoms with van der Waals surface area (Å²) >= 11 is 0. The monoisotopic (exact) mass is 438 g/mol. The quantitative estimate of drug-likeness (QED) is 0.569. The maximum absolute atomic E-state index is 12.9. The lowest BCUT2D eigenvalue weighted by atomic mass is 10.2. The second-order valence-corrected chi connectivity index (χ2v) is 8.74. The molecule has 7 nitrogen and oxygen atoms in total. The van der Waals surface area contributed by atoms with Crippen LogP contribution in [0.4, 0.5) is 11.4 Å². The largest absolute Gasteiger partial charge is 0.452 e. The van der Waals surface area contributed by atoms with Crippen LogP contribution in [0.15, 0.2) is 83.8 Å². The van der Waals surface area contributed by atoms with Gasteiger partial charge in [-0.2, -0.15) is 0 Å². The minimum absolute atomic E-state index is 0.0335. The van der Waals surface area contributed by atoms with Crippen molar-refractivity contribution in [2.45, 2.75) is 11.8 Å². The number of aryl methyl sites for hydroxylation is 1. The maximum Gasteiger partial charge on any atom is 0.338 e. The summed E-state index contributed by atoms with van der Waals surface area (Å²) < 4.78 is 32.0. The van der Waals surface area contributed by atoms with Gasteiger partial charge < -0.3 is 10.1 Å². The van der Waals surface area contributed by atoms with E-state index in [9.17, 15) is 18.0 Å². The van der Waals surface area contributed by atoms with Crippen LogP contribution in [0.2, 0.25) is 0 Å². The molecule has 0 fully saturated rings. The van der Waals surface area contributed by atoms with Crippen molar-refractivity contribution in [3.8, 4) is 0 Å². The van der Waals surface area contributed by atoms with Crippen LogP contribution in [0.1, 0.15) is 15.9 Å². The minimum atomic E-state index is -3.88. The predicted molar refractivity (Wildman–Crippen MR) is 119 cm³/mol. The van der Waals surface area contributed by atoms with Gasteiger partial charge in [0.15, 0.2) is 6.61 Å². The molecule has 0 saturated heterocycles. The number of esters is 1. The fraction of sp³-hybridized carbons (Fsp3) is 0.130. The molecule has 160 valence electrons. The van der Waals surface area contributed by atoms with Crippen LogP contribution in [0, 0.1) is 6.92 Å². The van der Waals surface area contributed by atoms with E-state index >= 15 is 0 Å². The first-order valence-electron chi connectivity index (χ1n) is 9.45. The van der Waals surface area contributed by atoms with Crippen LogP contribution in [0.5, 0.6) is 0 Å². The number of anilines is 2. The molecule has 0 aliphatic heterocycles. The van der Waals surface area contributed by atoms with Gasteiger partial charge in [-0.1, -0.05) is 42.5 Å². The molecule has 0 radical (unpaired) electrons. The van der Waals surface area contributed by atoms with Crippen molar-refractivity contribution < 1.29 is 22.7 Å². The van der Waals surface area contributed by atoms with Crippen LogP contribution in [-0.2, 0) is 19.6 Å². The van der Waals surface area contributed by atoms with Gasteiger partial charge in [0, 0.05) is 12.7 Å². The molecule has 31 heavy (non-hydrogen) atoms. The van der Waals surface area contributed by atoms with E-state index in [0.717, 1.165) is 9.87 Å². The molecule has 0 bridgehead atoms. The van der Waals surface area contributed by atoms with E-state index in [0.29, 0.717) is 11.4 Å². The van der Waals surface area contributed by atoms with Gasteiger partial charge in [-0.05, 0) is 48.9 Å². The molecule has 0 aliphatic rings. The van der Waals surface area contributed by atoms with Crippen LogP contribution in [0.3, 0.4) is 0 Å². The zero-order valence-electron chi connectivity index (χ0n) is 17.1. The van der Waals surface area contributed by atoms with Crippen LogP contribution >= 0.6 is 0 Å². The molecule has 0 aliphatic carbocycles. The molecule has 3 rings (SSSR count). The van der Waals surface area contributed by atoms with Gasteiger partial charge in [0.1, 0.15) is 0 Å². The number of nitrogens with one attached hydrogen (secondary N) is 1. The van der Waals surface area contributed by atoms with Crippen LogP contribution in [-0.4, -0.2) is 33.9 Å². The molecular weight excluding hydrogens is 416 g/mol. The van der Waals surface area contributed by atoms with Crippen LogP contribution < -0.4 is 9.62 Å². The Kier molecular flexibility index (Phi) is 6.71. The number of hydrogen-bond donors (Lipinski definition) is 1. The molecule has 0 atom stereocenters. The molecule has 0 heterocycles. The van der Waals surface area contributed by atoms with E-state index in [1.54, 1.807) is 42.5 Å². The minimum Gasteiger partial charge on any atom is -0.452 e. The maximum atomic E-state index is 12.9. The van der Waals surface area contributed by atoms with Crippen molar-refractivity contribution >= 4 is 33.3 Å². The molecule has 3 aromatic rings. The fourth-order valence-corrected chi connectivity index (χ4v) is 4.07. The second-order valence-electron chi connectivity index (χ2n) is 6.78. The first kappa shape index (κ1) is 22.0. The normalized spacial score (nSPS) is 10.9. The highest BCUT2D eigenvalue weighted by molar-refractivity contribution is 7.92. The Bertz CT molecular complexity index is 1190. The lowest BCUT2D eigenvalue weighted by Crippen LogP contribution is -2.26. The lowest BCUT2D eigenvalue weighted by Gasteiger charge is -2.19. The summed E-state index contributed by atoms with van der Waals surface area (Å²) in [6, 6.07) is 21.3. The number of sulfonamides is 1. The van der Waals surface area contributed by atoms with Crippen molar-refractivity contribution in [1.29, 1.82) is 0 Å². The molecule has 8 heteroatoms. The average molecular weight is 439 g/mol. The summed E-state index contributed by atoms with van der Waals surface area (Å²) in [6.07, 6.45) is 0. The third-order valence-electron chi connectivity index (χ3n) is 4.60. The van der Waals surface area contributed by atoms with E-state index in [1.807, 2.05) is 19.1 Å². The van der Waals surface area contributed by atoms with E-state index in [-0.39, 0.29) is 10.5 Å². The Morgan fingerprint density at radius 2 is 1.61 bits per heavy atom. The number of rotatable bonds is 7. The predicted octanol–water partition coefficient (Wildman–Crippen LogP) is 3.62. The third kappa shape index (κ3) is 5.29. The number of carbonyl (C=O) groups is 2. The molecule has 0 aromatic heterocycles. The highest BCUT2D eigenvalue weighted by Crippen LogP contribution is 2.22. The highest BCUT2D eigenvalue weighted by atomic mass is 32.2. The van der Waals surface area contributed by atoms with Gasteiger partial charge in [0.25, 0.3) is 15.9 Å². The van der Waals surface area contributed by atoms with Gasteiger partial charge in [0.2, 0.25) is 0 Å². The Labute approximate surface area is 181 Å². The van der Waals surface area contributed by atoms with Gasteiger partial charge in [0.05, 0.1) is 16.1 Å². The van der Waals surface area contributed by atoms with Crippen molar-refractivity contribution in [2.24, 2.45) is 0 Å². The zero-order valence-corrected chi connectivity index (χ0v) is 17.9. The smallest absolute Gasteiger partial charge is 0.338 e. The Hall–Kier alpha value is -3.65. The SMILES string of the molecule is Cc1ccccc1NC(=O)COC(=O)c1cccc(S(=O)(=O)N(C)c2ccccc2)c1. The van der Waals surface area contributed by atoms with E-state index < -0.39 is 28.5 Å². The molecule has 3 aromatic carbocycles. The number of benzene rings is 3. The number of amides is 1. The molecule has 1 N–H and O–H groups in total. The second kappa shape index (κ2) is 9.44. The van der Waals surface area contributed by atoms with E-state index in [2.05, 4.69) is 5.32 Å². The van der Waals surface area contributed by atoms with Gasteiger partial charge in [-0.25, -0.2) is 13.2 Å². The highest BCUT2D eigenvalue weighted by Gasteiger charge is 2.23. The molecule has 0 spiro atoms. The van der Waals surface area contributed by atoms with Crippen molar-refractivity contribution in [2.75, 3.05) is 23.3 Å². The topological polar surface area (TPSA) is 92.8 Å². The van der Waals surface area contributed by atoms with Crippen molar-refractivity contribution in [3.63, 3.8) is 0 Å². The summed E-state index contributed by atoms with van der Waals surface area (Å²) in [5.41, 5.74) is 2.03. The van der Waals surface area contributed by atoms with E-state index in [1.165, 1.54) is 31.3 Å². The summed E-state index contributed by atoms with van der Waals surface area (Å²) in [7, 11) is -2.44. The molecular formula is C23H22N2O5S. The van der Waals surface area contributed by atoms with Gasteiger partial charge in [-0.3, -0.25) is 9.10 Å². The van der Waals surface area contributed by atoms with Gasteiger partial charge >= 0.3 is 5.97 Å². The number of carbonyl (C=O) groups excluding carboxylic acids is 2. The summed E-state index contributed by atoms with van der Waals surface area (Å²) in [4.78, 5) is 24.4. The number of para-hydroxylation sites is 2. The first-order valence-corrected chi connectivity index (χ1v) is 10.9. The molecule has 1 amide bonds. The Balaban J connectivity index is 1.68. The standard InChI is InChI=1S/C23H22N2O5S/c1-17-9-6-7-14-21(17)24-22(26)16-30-23(27)18-10-8-13-20(15-18)31(28,29)25(2)19-11-4-3-5-12-19/h3-15H,16H2,1-2H3,(H,24,26). The summed E-state index contributed by atoms with van der Waals surface area (Å²) in [6.45, 7) is 1.36. The first-order chi connectivity index (χ1) is 14.8. The molecule has 0 unspecified atom stereocenters. The Morgan fingerprint density at radius 1 is 0.935 bits per heavy atom. The van der Waals surface area contributed by atoms with Gasteiger partial charge in [-0.15, -0.1) is 0 Å². The fourth-order valence-electron chi connectivity index (χ4n) is 2.83. The number of nitrogens with zero attached hydrogens (tertiary/aromatic N) is 1. The van der Waals surface area contributed by atoms with Crippen LogP contribution in [0.25, 0.3) is 0 Å². The zero-order chi connectivity index (χ0) is 22.4. The molecule has 0 saturated carbocycles. The number of hydrogen-bond acceptors (Lipinski definition) is 5. The lowest BCUT2D eigenvalue weighted by molar-refractivity contribution is -0.119. The summed E-state index contributed by atoms with van der Waals surface area (Å²) in [5, 5.41) is 2.67. The van der Waals surface area contributed by atoms with Crippen molar-refractivity contribution in [1.82, 2.24) is 0 Å². The Morgan fingerprint density at radius 3 is 2.32 bits per heavy atom. The third-order valence-corrected chi connectivity index (χ3v) is 6.38.